The molecule has 1 heterocycles. The zero-order valence-electron chi connectivity index (χ0n) is 10.8. The molecule has 1 N–H and O–H groups in total. The molecule has 18 heavy (non-hydrogen) atoms. The Balaban J connectivity index is 2.22. The molecule has 0 saturated carbocycles. The first-order valence-electron chi connectivity index (χ1n) is 6.62. The van der Waals surface area contributed by atoms with Gasteiger partial charge in [-0.05, 0) is 24.1 Å². The number of piperazine rings is 1. The molecule has 0 bridgehead atoms. The van der Waals surface area contributed by atoms with E-state index in [2.05, 4.69) is 39.1 Å². The first kappa shape index (κ1) is 14.3. The van der Waals surface area contributed by atoms with Crippen LogP contribution in [0.25, 0.3) is 0 Å². The lowest BCUT2D eigenvalue weighted by atomic mass is 10.00. The Morgan fingerprint density at radius 2 is 2.11 bits per heavy atom. The van der Waals surface area contributed by atoms with Crippen LogP contribution in [0.2, 0.25) is 5.02 Å². The maximum Gasteiger partial charge on any atom is 0.0417 e. The Hall–Kier alpha value is -0.0900. The Kier molecular flexibility index (Phi) is 5.49. The quantitative estimate of drug-likeness (QED) is 0.901. The summed E-state index contributed by atoms with van der Waals surface area (Å²) in [5, 5.41) is 4.21. The van der Waals surface area contributed by atoms with Crippen LogP contribution in [0.4, 0.5) is 0 Å². The first-order chi connectivity index (χ1) is 8.72. The Morgan fingerprint density at radius 3 is 2.72 bits per heavy atom. The molecule has 4 heteroatoms. The second-order valence-electron chi connectivity index (χ2n) is 4.76. The third kappa shape index (κ3) is 3.47. The molecular weight excluding hydrogens is 312 g/mol. The van der Waals surface area contributed by atoms with Gasteiger partial charge in [0, 0.05) is 41.7 Å². The van der Waals surface area contributed by atoms with Crippen molar-refractivity contribution in [3.05, 3.63) is 33.3 Å². The highest BCUT2D eigenvalue weighted by Gasteiger charge is 2.22. The van der Waals surface area contributed by atoms with Crippen molar-refractivity contribution in [1.82, 2.24) is 10.2 Å². The maximum absolute atomic E-state index is 6.03. The lowest BCUT2D eigenvalue weighted by Gasteiger charge is -2.35. The third-order valence-electron chi connectivity index (χ3n) is 3.48. The normalized spacial score (nSPS) is 18.8. The van der Waals surface area contributed by atoms with Gasteiger partial charge in [0.25, 0.3) is 0 Å². The van der Waals surface area contributed by atoms with Crippen molar-refractivity contribution < 1.29 is 0 Å². The van der Waals surface area contributed by atoms with E-state index in [1.54, 1.807) is 0 Å². The number of hydrogen-bond donors (Lipinski definition) is 1. The van der Waals surface area contributed by atoms with Crippen LogP contribution in [0.5, 0.6) is 0 Å². The van der Waals surface area contributed by atoms with E-state index in [0.717, 1.165) is 35.7 Å². The van der Waals surface area contributed by atoms with Gasteiger partial charge in [0.05, 0.1) is 0 Å². The summed E-state index contributed by atoms with van der Waals surface area (Å²) >= 11 is 9.69. The fourth-order valence-electron chi connectivity index (χ4n) is 2.57. The highest BCUT2D eigenvalue weighted by molar-refractivity contribution is 9.10. The molecule has 2 rings (SSSR count). The molecule has 0 aromatic heterocycles. The van der Waals surface area contributed by atoms with Gasteiger partial charge in [-0.15, -0.1) is 0 Å². The largest absolute Gasteiger partial charge is 0.314 e. The van der Waals surface area contributed by atoms with Gasteiger partial charge in [-0.3, -0.25) is 4.90 Å². The van der Waals surface area contributed by atoms with Gasteiger partial charge in [0.1, 0.15) is 0 Å². The molecule has 100 valence electrons. The standard InChI is InChI=1S/C14H20BrClN2/c1-2-3-14(18-8-6-17-7-9-18)12-5-4-11(16)10-13(12)15/h4-5,10,14,17H,2-3,6-9H2,1H3/t14-/m1/s1. The van der Waals surface area contributed by atoms with Crippen molar-refractivity contribution in [3.63, 3.8) is 0 Å². The SMILES string of the molecule is CCC[C@H](c1ccc(Cl)cc1Br)N1CCNCC1. The zero-order valence-corrected chi connectivity index (χ0v) is 13.1. The Labute approximate surface area is 123 Å². The third-order valence-corrected chi connectivity index (χ3v) is 4.40. The molecule has 0 spiro atoms. The van der Waals surface area contributed by atoms with Crippen LogP contribution in [0, 0.1) is 0 Å². The minimum Gasteiger partial charge on any atom is -0.314 e. The van der Waals surface area contributed by atoms with Crippen molar-refractivity contribution in [2.75, 3.05) is 26.2 Å². The second kappa shape index (κ2) is 6.90. The summed E-state index contributed by atoms with van der Waals surface area (Å²) in [4.78, 5) is 2.58. The van der Waals surface area contributed by atoms with E-state index in [1.807, 2.05) is 12.1 Å². The maximum atomic E-state index is 6.03. The fraction of sp³-hybridized carbons (Fsp3) is 0.571. The van der Waals surface area contributed by atoms with E-state index in [-0.39, 0.29) is 0 Å². The predicted octanol–water partition coefficient (Wildman–Crippen LogP) is 3.85. The summed E-state index contributed by atoms with van der Waals surface area (Å²) in [7, 11) is 0. The molecule has 1 aromatic rings. The first-order valence-corrected chi connectivity index (χ1v) is 7.79. The van der Waals surface area contributed by atoms with E-state index < -0.39 is 0 Å². The number of rotatable bonds is 4. The summed E-state index contributed by atoms with van der Waals surface area (Å²) < 4.78 is 1.13. The molecule has 1 aromatic carbocycles. The molecule has 1 aliphatic heterocycles. The van der Waals surface area contributed by atoms with Crippen molar-refractivity contribution in [2.45, 2.75) is 25.8 Å². The van der Waals surface area contributed by atoms with E-state index >= 15 is 0 Å². The minimum absolute atomic E-state index is 0.503. The molecule has 1 fully saturated rings. The number of nitrogens with zero attached hydrogens (tertiary/aromatic N) is 1. The Bertz CT molecular complexity index is 391. The van der Waals surface area contributed by atoms with Gasteiger partial charge >= 0.3 is 0 Å². The summed E-state index contributed by atoms with van der Waals surface area (Å²) in [5.74, 6) is 0. The molecule has 1 saturated heterocycles. The average Bonchev–Trinajstić information content (AvgIpc) is 2.38. The van der Waals surface area contributed by atoms with Crippen molar-refractivity contribution in [1.29, 1.82) is 0 Å². The zero-order chi connectivity index (χ0) is 13.0. The molecule has 0 amide bonds. The van der Waals surface area contributed by atoms with Crippen molar-refractivity contribution in [2.24, 2.45) is 0 Å². The predicted molar refractivity (Wildman–Crippen MR) is 81.2 cm³/mol. The van der Waals surface area contributed by atoms with Crippen LogP contribution in [-0.2, 0) is 0 Å². The number of hydrogen-bond acceptors (Lipinski definition) is 2. The van der Waals surface area contributed by atoms with Gasteiger partial charge in [0.2, 0.25) is 0 Å². The van der Waals surface area contributed by atoms with E-state index in [4.69, 9.17) is 11.6 Å². The highest BCUT2D eigenvalue weighted by atomic mass is 79.9. The summed E-state index contributed by atoms with van der Waals surface area (Å²) in [6.45, 7) is 6.68. The minimum atomic E-state index is 0.503. The topological polar surface area (TPSA) is 15.3 Å². The van der Waals surface area contributed by atoms with Crippen LogP contribution < -0.4 is 5.32 Å². The van der Waals surface area contributed by atoms with Crippen LogP contribution in [0.3, 0.4) is 0 Å². The van der Waals surface area contributed by atoms with E-state index in [9.17, 15) is 0 Å². The lowest BCUT2D eigenvalue weighted by molar-refractivity contribution is 0.164. The number of halogens is 2. The van der Waals surface area contributed by atoms with Gasteiger partial charge in [-0.1, -0.05) is 46.9 Å². The van der Waals surface area contributed by atoms with Gasteiger partial charge in [0.15, 0.2) is 0 Å². The van der Waals surface area contributed by atoms with Crippen molar-refractivity contribution >= 4 is 27.5 Å². The summed E-state index contributed by atoms with van der Waals surface area (Å²) in [5.41, 5.74) is 1.36. The van der Waals surface area contributed by atoms with E-state index in [0.29, 0.717) is 6.04 Å². The van der Waals surface area contributed by atoms with Gasteiger partial charge in [-0.25, -0.2) is 0 Å². The Morgan fingerprint density at radius 1 is 1.39 bits per heavy atom. The van der Waals surface area contributed by atoms with Crippen LogP contribution in [-0.4, -0.2) is 31.1 Å². The van der Waals surface area contributed by atoms with Gasteiger partial charge in [-0.2, -0.15) is 0 Å². The summed E-state index contributed by atoms with van der Waals surface area (Å²) in [6.07, 6.45) is 2.39. The van der Waals surface area contributed by atoms with Crippen LogP contribution >= 0.6 is 27.5 Å². The van der Waals surface area contributed by atoms with Crippen LogP contribution in [0.15, 0.2) is 22.7 Å². The van der Waals surface area contributed by atoms with E-state index in [1.165, 1.54) is 18.4 Å². The van der Waals surface area contributed by atoms with Crippen LogP contribution in [0.1, 0.15) is 31.4 Å². The average molecular weight is 332 g/mol. The molecule has 0 radical (unpaired) electrons. The molecule has 0 unspecified atom stereocenters. The highest BCUT2D eigenvalue weighted by Crippen LogP contribution is 2.33. The summed E-state index contributed by atoms with van der Waals surface area (Å²) in [6, 6.07) is 6.66. The molecule has 0 aliphatic carbocycles. The molecule has 1 atom stereocenters. The van der Waals surface area contributed by atoms with Gasteiger partial charge < -0.3 is 5.32 Å². The molecular formula is C14H20BrClN2. The molecule has 2 nitrogen and oxygen atoms in total. The number of nitrogens with one attached hydrogen (secondary N) is 1. The fourth-order valence-corrected chi connectivity index (χ4v) is 3.52. The smallest absolute Gasteiger partial charge is 0.0417 e. The van der Waals surface area contributed by atoms with Crippen molar-refractivity contribution in [3.8, 4) is 0 Å². The number of benzene rings is 1. The second-order valence-corrected chi connectivity index (χ2v) is 6.05. The monoisotopic (exact) mass is 330 g/mol. The lowest BCUT2D eigenvalue weighted by Crippen LogP contribution is -2.45. The molecule has 1 aliphatic rings.